The van der Waals surface area contributed by atoms with Gasteiger partial charge in [0, 0.05) is 33.4 Å². The molecule has 30 heavy (non-hydrogen) atoms. The van der Waals surface area contributed by atoms with Crippen molar-refractivity contribution in [1.29, 1.82) is 0 Å². The Bertz CT molecular complexity index is 1440. The average Bonchev–Trinajstić information content (AvgIpc) is 3.36. The summed E-state index contributed by atoms with van der Waals surface area (Å²) in [6, 6.07) is 14.7. The molecule has 3 heterocycles. The van der Waals surface area contributed by atoms with E-state index in [1.54, 1.807) is 13.2 Å². The molecule has 0 saturated heterocycles. The highest BCUT2D eigenvalue weighted by Crippen LogP contribution is 2.42. The Morgan fingerprint density at radius 1 is 1.10 bits per heavy atom. The Morgan fingerprint density at radius 2 is 1.97 bits per heavy atom. The van der Waals surface area contributed by atoms with E-state index in [0.717, 1.165) is 25.9 Å². The van der Waals surface area contributed by atoms with Crippen LogP contribution < -0.4 is 10.4 Å². The van der Waals surface area contributed by atoms with Crippen LogP contribution in [0.3, 0.4) is 0 Å². The van der Waals surface area contributed by atoms with E-state index in [2.05, 4.69) is 10.2 Å². The Labute approximate surface area is 183 Å². The van der Waals surface area contributed by atoms with Gasteiger partial charge in [-0.2, -0.15) is 0 Å². The van der Waals surface area contributed by atoms with Gasteiger partial charge < -0.3 is 13.6 Å². The molecule has 0 aliphatic carbocycles. The second kappa shape index (κ2) is 7.79. The molecular weight excluding hydrogens is 444 g/mol. The summed E-state index contributed by atoms with van der Waals surface area (Å²) in [7, 11) is 1.56. The lowest BCUT2D eigenvalue weighted by molar-refractivity contribution is 0.414. The fourth-order valence-electron chi connectivity index (χ4n) is 3.11. The fraction of sp³-hybridized carbons (Fsp3) is 0.0952. The standard InChI is InChI=1S/C21H13ClN2O4S2/c1-26-12-6-7-13-11(8-17(25)27-15(13)9-12)10-29-21-24-23-20(28-21)19-18(22)14-4-2-3-5-16(14)30-19/h2-9H,10H2,1H3. The van der Waals surface area contributed by atoms with Gasteiger partial charge in [0.05, 0.1) is 12.1 Å². The van der Waals surface area contributed by atoms with Crippen molar-refractivity contribution < 1.29 is 13.6 Å². The predicted molar refractivity (Wildman–Crippen MR) is 119 cm³/mol. The van der Waals surface area contributed by atoms with Crippen molar-refractivity contribution in [3.05, 3.63) is 69.5 Å². The molecule has 0 atom stereocenters. The highest BCUT2D eigenvalue weighted by Gasteiger charge is 2.18. The molecule has 150 valence electrons. The minimum absolute atomic E-state index is 0.380. The van der Waals surface area contributed by atoms with Gasteiger partial charge >= 0.3 is 5.63 Å². The fourth-order valence-corrected chi connectivity index (χ4v) is 5.30. The van der Waals surface area contributed by atoms with E-state index in [-0.39, 0.29) is 0 Å². The van der Waals surface area contributed by atoms with Crippen molar-refractivity contribution in [2.45, 2.75) is 11.0 Å². The summed E-state index contributed by atoms with van der Waals surface area (Å²) in [4.78, 5) is 12.7. The van der Waals surface area contributed by atoms with Gasteiger partial charge in [-0.25, -0.2) is 4.79 Å². The Kier molecular flexibility index (Phi) is 4.98. The lowest BCUT2D eigenvalue weighted by atomic mass is 10.1. The second-order valence-electron chi connectivity index (χ2n) is 6.36. The first-order chi connectivity index (χ1) is 14.6. The van der Waals surface area contributed by atoms with Crippen LogP contribution in [0, 0.1) is 0 Å². The Hall–Kier alpha value is -2.81. The van der Waals surface area contributed by atoms with Crippen molar-refractivity contribution in [3.8, 4) is 16.5 Å². The molecule has 9 heteroatoms. The van der Waals surface area contributed by atoms with Gasteiger partial charge in [0.25, 0.3) is 11.1 Å². The van der Waals surface area contributed by atoms with Gasteiger partial charge in [0.1, 0.15) is 16.2 Å². The quantitative estimate of drug-likeness (QED) is 0.236. The number of benzene rings is 2. The molecule has 2 aromatic carbocycles. The van der Waals surface area contributed by atoms with Crippen molar-refractivity contribution in [2.75, 3.05) is 7.11 Å². The van der Waals surface area contributed by atoms with Gasteiger partial charge in [0.2, 0.25) is 0 Å². The molecule has 3 aromatic heterocycles. The van der Waals surface area contributed by atoms with E-state index in [1.807, 2.05) is 36.4 Å². The molecule has 0 fully saturated rings. The van der Waals surface area contributed by atoms with E-state index < -0.39 is 5.63 Å². The summed E-state index contributed by atoms with van der Waals surface area (Å²) in [5.41, 5.74) is 0.865. The van der Waals surface area contributed by atoms with Crippen LogP contribution in [-0.2, 0) is 5.75 Å². The van der Waals surface area contributed by atoms with E-state index in [4.69, 9.17) is 25.2 Å². The summed E-state index contributed by atoms with van der Waals surface area (Å²) in [5, 5.41) is 11.1. The first-order valence-electron chi connectivity index (χ1n) is 8.87. The Morgan fingerprint density at radius 3 is 2.80 bits per heavy atom. The number of ether oxygens (including phenoxy) is 1. The number of thioether (sulfide) groups is 1. The van der Waals surface area contributed by atoms with Crippen molar-refractivity contribution in [3.63, 3.8) is 0 Å². The van der Waals surface area contributed by atoms with Crippen LogP contribution in [0.4, 0.5) is 0 Å². The number of methoxy groups -OCH3 is 1. The highest BCUT2D eigenvalue weighted by atomic mass is 35.5. The number of aromatic nitrogens is 2. The maximum absolute atomic E-state index is 11.9. The third-order valence-corrected chi connectivity index (χ3v) is 7.05. The molecule has 0 aliphatic heterocycles. The number of hydrogen-bond donors (Lipinski definition) is 0. The third kappa shape index (κ3) is 3.47. The van der Waals surface area contributed by atoms with Gasteiger partial charge in [-0.05, 0) is 23.8 Å². The maximum atomic E-state index is 11.9. The zero-order valence-corrected chi connectivity index (χ0v) is 17.9. The van der Waals surface area contributed by atoms with Crippen molar-refractivity contribution in [2.24, 2.45) is 0 Å². The van der Waals surface area contributed by atoms with Gasteiger partial charge in [-0.1, -0.05) is 41.6 Å². The van der Waals surface area contributed by atoms with Gasteiger partial charge in [0.15, 0.2) is 0 Å². The van der Waals surface area contributed by atoms with Crippen LogP contribution >= 0.6 is 34.7 Å². The van der Waals surface area contributed by atoms with Crippen LogP contribution in [0.5, 0.6) is 5.75 Å². The smallest absolute Gasteiger partial charge is 0.336 e. The van der Waals surface area contributed by atoms with Crippen LogP contribution in [0.1, 0.15) is 5.56 Å². The van der Waals surface area contributed by atoms with Crippen molar-refractivity contribution >= 4 is 55.8 Å². The van der Waals surface area contributed by atoms with Crippen LogP contribution in [0.25, 0.3) is 31.8 Å². The predicted octanol–water partition coefficient (Wildman–Crippen LogP) is 6.01. The van der Waals surface area contributed by atoms with E-state index >= 15 is 0 Å². The van der Waals surface area contributed by atoms with E-state index in [9.17, 15) is 4.79 Å². The summed E-state index contributed by atoms with van der Waals surface area (Å²) in [6.45, 7) is 0. The monoisotopic (exact) mass is 456 g/mol. The number of hydrogen-bond acceptors (Lipinski definition) is 8. The molecule has 0 bridgehead atoms. The molecule has 0 radical (unpaired) electrons. The summed E-state index contributed by atoms with van der Waals surface area (Å²) in [5.74, 6) is 1.47. The largest absolute Gasteiger partial charge is 0.497 e. The molecule has 0 amide bonds. The minimum Gasteiger partial charge on any atom is -0.497 e. The normalized spacial score (nSPS) is 11.4. The molecule has 0 saturated carbocycles. The molecule has 5 rings (SSSR count). The maximum Gasteiger partial charge on any atom is 0.336 e. The van der Waals surface area contributed by atoms with Crippen LogP contribution in [0.2, 0.25) is 5.02 Å². The van der Waals surface area contributed by atoms with Gasteiger partial charge in [-0.3, -0.25) is 0 Å². The van der Waals surface area contributed by atoms with Crippen molar-refractivity contribution in [1.82, 2.24) is 10.2 Å². The van der Waals surface area contributed by atoms with Crippen LogP contribution in [-0.4, -0.2) is 17.3 Å². The third-order valence-electron chi connectivity index (χ3n) is 4.52. The number of fused-ring (bicyclic) bond motifs is 2. The lowest BCUT2D eigenvalue weighted by Gasteiger charge is -2.05. The van der Waals surface area contributed by atoms with E-state index in [0.29, 0.717) is 33.2 Å². The summed E-state index contributed by atoms with van der Waals surface area (Å²) >= 11 is 9.36. The Balaban J connectivity index is 1.42. The molecule has 5 aromatic rings. The topological polar surface area (TPSA) is 78.4 Å². The summed E-state index contributed by atoms with van der Waals surface area (Å²) < 4.78 is 17.4. The first kappa shape index (κ1) is 19.2. The molecule has 6 nitrogen and oxygen atoms in total. The van der Waals surface area contributed by atoms with Crippen LogP contribution in [0.15, 0.2) is 67.4 Å². The summed E-state index contributed by atoms with van der Waals surface area (Å²) in [6.07, 6.45) is 0. The molecule has 0 N–H and O–H groups in total. The first-order valence-corrected chi connectivity index (χ1v) is 11.0. The SMILES string of the molecule is COc1ccc2c(CSc3nnc(-c4sc5ccccc5c4Cl)o3)cc(=O)oc2c1. The number of rotatable bonds is 5. The highest BCUT2D eigenvalue weighted by molar-refractivity contribution is 7.98. The number of nitrogens with zero attached hydrogens (tertiary/aromatic N) is 2. The second-order valence-corrected chi connectivity index (χ2v) is 8.71. The molecular formula is C21H13ClN2O4S2. The molecule has 0 unspecified atom stereocenters. The minimum atomic E-state index is -0.422. The number of thiophene rings is 1. The van der Waals surface area contributed by atoms with Gasteiger partial charge in [-0.15, -0.1) is 21.5 Å². The average molecular weight is 457 g/mol. The zero-order chi connectivity index (χ0) is 20.7. The zero-order valence-electron chi connectivity index (χ0n) is 15.5. The lowest BCUT2D eigenvalue weighted by Crippen LogP contribution is -2.00. The molecule has 0 aliphatic rings. The number of halogens is 1. The molecule has 0 spiro atoms. The van der Waals surface area contributed by atoms with E-state index in [1.165, 1.54) is 29.2 Å².